The molecule has 1 aliphatic heterocycles. The Kier molecular flexibility index (Phi) is 6.26. The Morgan fingerprint density at radius 2 is 2.19 bits per heavy atom. The molecule has 0 aliphatic carbocycles. The molecule has 27 heavy (non-hydrogen) atoms. The number of benzene rings is 1. The molecule has 8 heteroatoms. The first-order valence-corrected chi connectivity index (χ1v) is 9.22. The average molecular weight is 407 g/mol. The van der Waals surface area contributed by atoms with Crippen molar-refractivity contribution in [3.63, 3.8) is 0 Å². The molecule has 1 aliphatic rings. The van der Waals surface area contributed by atoms with E-state index in [2.05, 4.69) is 10.3 Å². The highest BCUT2D eigenvalue weighted by molar-refractivity contribution is 7.80. The third-order valence-electron chi connectivity index (χ3n) is 4.08. The van der Waals surface area contributed by atoms with Gasteiger partial charge in [-0.2, -0.15) is 0 Å². The molecule has 0 unspecified atom stereocenters. The van der Waals surface area contributed by atoms with E-state index < -0.39 is 12.2 Å². The topological polar surface area (TPSA) is 69.7 Å². The van der Waals surface area contributed by atoms with E-state index in [1.165, 1.54) is 0 Å². The van der Waals surface area contributed by atoms with Crippen molar-refractivity contribution >= 4 is 40.5 Å². The predicted octanol–water partition coefficient (Wildman–Crippen LogP) is 3.92. The van der Waals surface area contributed by atoms with Gasteiger partial charge >= 0.3 is 5.97 Å². The summed E-state index contributed by atoms with van der Waals surface area (Å²) < 4.78 is 16.7. The largest absolute Gasteiger partial charge is 0.481 e. The Bertz CT molecular complexity index is 861. The van der Waals surface area contributed by atoms with Crippen molar-refractivity contribution in [2.45, 2.75) is 25.6 Å². The Hall–Kier alpha value is -2.22. The van der Waals surface area contributed by atoms with Crippen molar-refractivity contribution in [2.75, 3.05) is 19.0 Å². The number of nitrogens with one attached hydrogen (secondary N) is 1. The van der Waals surface area contributed by atoms with Gasteiger partial charge in [-0.05, 0) is 37.3 Å². The quantitative estimate of drug-likeness (QED) is 0.596. The fourth-order valence-electron chi connectivity index (χ4n) is 2.90. The number of esters is 1. The van der Waals surface area contributed by atoms with Crippen LogP contribution in [0.15, 0.2) is 36.5 Å². The zero-order valence-electron chi connectivity index (χ0n) is 14.9. The van der Waals surface area contributed by atoms with E-state index in [9.17, 15) is 4.79 Å². The van der Waals surface area contributed by atoms with E-state index in [0.29, 0.717) is 28.1 Å². The van der Waals surface area contributed by atoms with Crippen LogP contribution in [0.5, 0.6) is 5.88 Å². The second-order valence-electron chi connectivity index (χ2n) is 5.84. The molecule has 0 amide bonds. The van der Waals surface area contributed by atoms with Gasteiger partial charge in [0.2, 0.25) is 5.88 Å². The van der Waals surface area contributed by atoms with Gasteiger partial charge in [0.25, 0.3) is 0 Å². The van der Waals surface area contributed by atoms with Crippen LogP contribution in [0.2, 0.25) is 5.02 Å². The maximum Gasteiger partial charge on any atom is 0.308 e. The van der Waals surface area contributed by atoms with Crippen LogP contribution in [-0.4, -0.2) is 35.8 Å². The molecule has 2 aromatic rings. The first-order valence-electron chi connectivity index (χ1n) is 8.43. The fraction of sp³-hybridized carbons (Fsp3) is 0.316. The summed E-state index contributed by atoms with van der Waals surface area (Å²) in [5.74, 6) is 0.0451. The summed E-state index contributed by atoms with van der Waals surface area (Å²) >= 11 is 11.7. The molecule has 0 bridgehead atoms. The number of carbonyl (C=O) groups excluding carboxylic acids is 1. The Labute approximate surface area is 167 Å². The van der Waals surface area contributed by atoms with Gasteiger partial charge in [0.05, 0.1) is 20.1 Å². The van der Waals surface area contributed by atoms with Gasteiger partial charge in [0, 0.05) is 28.0 Å². The summed E-state index contributed by atoms with van der Waals surface area (Å²) in [4.78, 5) is 16.7. The number of hydrogen-bond donors (Lipinski definition) is 1. The number of aromatic nitrogens is 1. The molecule has 1 aromatic carbocycles. The molecule has 0 fully saturated rings. The standard InChI is InChI=1S/C19H19ClN2O4S/c1-3-25-16(23)10-15-19(27)22-14-7-6-11(20)9-13(14)17(26-15)12-5-4-8-21-18(12)24-2/h4-9,15,17H,3,10H2,1-2H3,(H,22,27)/t15-,17-/m1/s1. The monoisotopic (exact) mass is 406 g/mol. The van der Waals surface area contributed by atoms with Crippen LogP contribution in [0.3, 0.4) is 0 Å². The number of methoxy groups -OCH3 is 1. The maximum atomic E-state index is 12.0. The maximum absolute atomic E-state index is 12.0. The SMILES string of the molecule is CCOC(=O)C[C@H]1O[C@H](c2cccnc2OC)c2cc(Cl)ccc2NC1=S. The number of nitrogens with zero attached hydrogens (tertiary/aromatic N) is 1. The number of hydrogen-bond acceptors (Lipinski definition) is 6. The number of thiocarbonyl (C=S) groups is 1. The molecule has 6 nitrogen and oxygen atoms in total. The summed E-state index contributed by atoms with van der Waals surface area (Å²) in [6.07, 6.45) is 0.395. The summed E-state index contributed by atoms with van der Waals surface area (Å²) in [7, 11) is 1.54. The lowest BCUT2D eigenvalue weighted by molar-refractivity contribution is -0.145. The van der Waals surface area contributed by atoms with Gasteiger partial charge in [0.1, 0.15) is 17.2 Å². The van der Waals surface area contributed by atoms with Gasteiger partial charge in [-0.25, -0.2) is 4.98 Å². The Morgan fingerprint density at radius 3 is 2.93 bits per heavy atom. The molecule has 142 valence electrons. The van der Waals surface area contributed by atoms with Crippen molar-refractivity contribution in [2.24, 2.45) is 0 Å². The average Bonchev–Trinajstić information content (AvgIpc) is 2.79. The Balaban J connectivity index is 2.05. The van der Waals surface area contributed by atoms with Gasteiger partial charge in [-0.3, -0.25) is 4.79 Å². The highest BCUT2D eigenvalue weighted by Gasteiger charge is 2.33. The number of ether oxygens (including phenoxy) is 3. The van der Waals surface area contributed by atoms with E-state index in [1.54, 1.807) is 38.4 Å². The molecule has 0 spiro atoms. The summed E-state index contributed by atoms with van der Waals surface area (Å²) in [5, 5.41) is 3.72. The lowest BCUT2D eigenvalue weighted by atomic mass is 10.0. The van der Waals surface area contributed by atoms with Gasteiger partial charge < -0.3 is 19.5 Å². The van der Waals surface area contributed by atoms with Crippen molar-refractivity contribution in [3.05, 3.63) is 52.7 Å². The minimum atomic E-state index is -0.667. The second-order valence-corrected chi connectivity index (χ2v) is 6.71. The minimum Gasteiger partial charge on any atom is -0.481 e. The lowest BCUT2D eigenvalue weighted by Gasteiger charge is -2.23. The van der Waals surface area contributed by atoms with Crippen LogP contribution in [0.25, 0.3) is 0 Å². The molecule has 1 N–H and O–H groups in total. The molecule has 0 saturated carbocycles. The third-order valence-corrected chi connectivity index (χ3v) is 4.68. The number of halogens is 1. The molecule has 2 heterocycles. The lowest BCUT2D eigenvalue weighted by Crippen LogP contribution is -2.31. The third kappa shape index (κ3) is 4.37. The first kappa shape index (κ1) is 19.5. The zero-order valence-corrected chi connectivity index (χ0v) is 16.5. The van der Waals surface area contributed by atoms with E-state index in [0.717, 1.165) is 11.3 Å². The first-order chi connectivity index (χ1) is 13.0. The molecule has 0 saturated heterocycles. The molecular weight excluding hydrogens is 388 g/mol. The molecule has 3 rings (SSSR count). The highest BCUT2D eigenvalue weighted by atomic mass is 35.5. The number of carbonyl (C=O) groups is 1. The minimum absolute atomic E-state index is 0.000468. The normalized spacial score (nSPS) is 18.9. The van der Waals surface area contributed by atoms with Gasteiger partial charge in [-0.15, -0.1) is 0 Å². The van der Waals surface area contributed by atoms with E-state index in [4.69, 9.17) is 38.0 Å². The highest BCUT2D eigenvalue weighted by Crippen LogP contribution is 2.40. The van der Waals surface area contributed by atoms with Crippen LogP contribution in [0.4, 0.5) is 5.69 Å². The summed E-state index contributed by atoms with van der Waals surface area (Å²) in [6.45, 7) is 2.05. The zero-order chi connectivity index (χ0) is 19.4. The second kappa shape index (κ2) is 8.65. The summed E-state index contributed by atoms with van der Waals surface area (Å²) in [5.41, 5.74) is 2.25. The van der Waals surface area contributed by atoms with Crippen LogP contribution in [-0.2, 0) is 14.3 Å². The Morgan fingerprint density at radius 1 is 1.37 bits per heavy atom. The van der Waals surface area contributed by atoms with Crippen LogP contribution in [0.1, 0.15) is 30.6 Å². The fourth-order valence-corrected chi connectivity index (χ4v) is 3.33. The number of pyridine rings is 1. The van der Waals surface area contributed by atoms with Crippen molar-refractivity contribution in [1.29, 1.82) is 0 Å². The van der Waals surface area contributed by atoms with Crippen LogP contribution in [0, 0.1) is 0 Å². The van der Waals surface area contributed by atoms with Crippen LogP contribution < -0.4 is 10.1 Å². The van der Waals surface area contributed by atoms with Crippen molar-refractivity contribution in [3.8, 4) is 5.88 Å². The number of rotatable bonds is 5. The molecule has 2 atom stereocenters. The molecular formula is C19H19ClN2O4S. The van der Waals surface area contributed by atoms with E-state index >= 15 is 0 Å². The van der Waals surface area contributed by atoms with Crippen LogP contribution >= 0.6 is 23.8 Å². The van der Waals surface area contributed by atoms with Gasteiger partial charge in [-0.1, -0.05) is 23.8 Å². The van der Waals surface area contributed by atoms with Crippen molar-refractivity contribution in [1.82, 2.24) is 4.98 Å². The van der Waals surface area contributed by atoms with Gasteiger partial charge in [0.15, 0.2) is 0 Å². The number of anilines is 1. The van der Waals surface area contributed by atoms with Crippen molar-refractivity contribution < 1.29 is 19.0 Å². The predicted molar refractivity (Wildman–Crippen MR) is 106 cm³/mol. The number of fused-ring (bicyclic) bond motifs is 1. The molecule has 1 aromatic heterocycles. The molecule has 0 radical (unpaired) electrons. The van der Waals surface area contributed by atoms with E-state index in [1.807, 2.05) is 12.1 Å². The summed E-state index contributed by atoms with van der Waals surface area (Å²) in [6, 6.07) is 9.05. The smallest absolute Gasteiger partial charge is 0.308 e. The van der Waals surface area contributed by atoms with E-state index in [-0.39, 0.29) is 12.4 Å².